The van der Waals surface area contributed by atoms with E-state index < -0.39 is 23.3 Å². The molecule has 0 saturated heterocycles. The number of hydrogen-bond donors (Lipinski definition) is 4. The van der Waals surface area contributed by atoms with Gasteiger partial charge < -0.3 is 15.7 Å². The summed E-state index contributed by atoms with van der Waals surface area (Å²) in [6.45, 7) is 6.74. The van der Waals surface area contributed by atoms with Gasteiger partial charge in [-0.3, -0.25) is 14.7 Å². The molecule has 1 rings (SSSR count). The Kier molecular flexibility index (Phi) is 4.49. The van der Waals surface area contributed by atoms with Crippen molar-refractivity contribution in [3.63, 3.8) is 0 Å². The number of carbonyl (C=O) groups is 3. The van der Waals surface area contributed by atoms with E-state index in [-0.39, 0.29) is 17.4 Å². The lowest BCUT2D eigenvalue weighted by atomic mass is 9.95. The van der Waals surface area contributed by atoms with Gasteiger partial charge in [-0.25, -0.2) is 4.79 Å². The van der Waals surface area contributed by atoms with Crippen molar-refractivity contribution < 1.29 is 19.5 Å². The molecule has 0 aliphatic carbocycles. The Morgan fingerprint density at radius 3 is 2.40 bits per heavy atom. The third-order valence-electron chi connectivity index (χ3n) is 2.48. The molecule has 8 nitrogen and oxygen atoms in total. The highest BCUT2D eigenvalue weighted by molar-refractivity contribution is 5.97. The molecule has 1 aromatic heterocycles. The van der Waals surface area contributed by atoms with Crippen molar-refractivity contribution in [3.05, 3.63) is 11.8 Å². The Morgan fingerprint density at radius 1 is 1.35 bits per heavy atom. The SMILES string of the molecule is CC(NC(=O)C(C)(C)C)C(=O)Nc1cc(C(=O)O)[nH]n1. The number of anilines is 1. The van der Waals surface area contributed by atoms with Crippen LogP contribution in [0.2, 0.25) is 0 Å². The standard InChI is InChI=1S/C12H18N4O4/c1-6(13-11(20)12(2,3)4)9(17)14-8-5-7(10(18)19)15-16-8/h5-6H,1-4H3,(H,13,20)(H,18,19)(H2,14,15,16,17). The van der Waals surface area contributed by atoms with Gasteiger partial charge in [0.2, 0.25) is 11.8 Å². The summed E-state index contributed by atoms with van der Waals surface area (Å²) >= 11 is 0. The molecule has 0 fully saturated rings. The van der Waals surface area contributed by atoms with Crippen molar-refractivity contribution in [2.75, 3.05) is 5.32 Å². The fraction of sp³-hybridized carbons (Fsp3) is 0.500. The van der Waals surface area contributed by atoms with Gasteiger partial charge in [-0.05, 0) is 6.92 Å². The van der Waals surface area contributed by atoms with E-state index in [1.165, 1.54) is 13.0 Å². The summed E-state index contributed by atoms with van der Waals surface area (Å²) in [4.78, 5) is 34.2. The Morgan fingerprint density at radius 2 is 1.95 bits per heavy atom. The molecule has 0 bridgehead atoms. The zero-order valence-electron chi connectivity index (χ0n) is 11.8. The van der Waals surface area contributed by atoms with E-state index in [2.05, 4.69) is 20.8 Å². The van der Waals surface area contributed by atoms with E-state index >= 15 is 0 Å². The fourth-order valence-electron chi connectivity index (χ4n) is 1.21. The van der Waals surface area contributed by atoms with Crippen LogP contribution >= 0.6 is 0 Å². The van der Waals surface area contributed by atoms with Crippen LogP contribution in [0, 0.1) is 5.41 Å². The van der Waals surface area contributed by atoms with Crippen molar-refractivity contribution in [3.8, 4) is 0 Å². The van der Waals surface area contributed by atoms with E-state index in [0.717, 1.165) is 0 Å². The summed E-state index contributed by atoms with van der Waals surface area (Å²) in [7, 11) is 0. The van der Waals surface area contributed by atoms with E-state index in [0.29, 0.717) is 0 Å². The van der Waals surface area contributed by atoms with Gasteiger partial charge in [0.05, 0.1) is 0 Å². The molecular formula is C12H18N4O4. The van der Waals surface area contributed by atoms with Crippen LogP contribution in [0.1, 0.15) is 38.2 Å². The van der Waals surface area contributed by atoms with Gasteiger partial charge in [0.15, 0.2) is 5.82 Å². The van der Waals surface area contributed by atoms with Crippen molar-refractivity contribution in [2.45, 2.75) is 33.7 Å². The highest BCUT2D eigenvalue weighted by Crippen LogP contribution is 2.13. The topological polar surface area (TPSA) is 124 Å². The summed E-state index contributed by atoms with van der Waals surface area (Å²) in [6, 6.07) is 0.435. The Balaban J connectivity index is 2.61. The van der Waals surface area contributed by atoms with Gasteiger partial charge in [0.25, 0.3) is 0 Å². The molecule has 1 unspecified atom stereocenters. The number of carboxylic acids is 1. The zero-order chi connectivity index (χ0) is 15.5. The molecular weight excluding hydrogens is 264 g/mol. The molecule has 0 spiro atoms. The summed E-state index contributed by atoms with van der Waals surface area (Å²) in [5.74, 6) is -1.82. The number of rotatable bonds is 4. The number of aromatic carboxylic acids is 1. The van der Waals surface area contributed by atoms with Crippen LogP contribution in [0.15, 0.2) is 6.07 Å². The second-order valence-corrected chi connectivity index (χ2v) is 5.41. The Bertz CT molecular complexity index is 530. The quantitative estimate of drug-likeness (QED) is 0.643. The minimum Gasteiger partial charge on any atom is -0.477 e. The van der Waals surface area contributed by atoms with Crippen molar-refractivity contribution in [2.24, 2.45) is 5.41 Å². The van der Waals surface area contributed by atoms with Crippen molar-refractivity contribution in [1.82, 2.24) is 15.5 Å². The molecule has 0 aliphatic heterocycles. The second-order valence-electron chi connectivity index (χ2n) is 5.41. The van der Waals surface area contributed by atoms with Gasteiger partial charge >= 0.3 is 5.97 Å². The van der Waals surface area contributed by atoms with E-state index in [1.54, 1.807) is 20.8 Å². The molecule has 1 atom stereocenters. The van der Waals surface area contributed by atoms with E-state index in [1.807, 2.05) is 0 Å². The van der Waals surface area contributed by atoms with Gasteiger partial charge in [-0.15, -0.1) is 0 Å². The largest absolute Gasteiger partial charge is 0.477 e. The van der Waals surface area contributed by atoms with Crippen LogP contribution in [-0.4, -0.2) is 39.1 Å². The summed E-state index contributed by atoms with van der Waals surface area (Å²) < 4.78 is 0. The molecule has 110 valence electrons. The van der Waals surface area contributed by atoms with Gasteiger partial charge in [0.1, 0.15) is 11.7 Å². The zero-order valence-corrected chi connectivity index (χ0v) is 11.8. The second kappa shape index (κ2) is 5.72. The summed E-state index contributed by atoms with van der Waals surface area (Å²) in [5, 5.41) is 19.6. The monoisotopic (exact) mass is 282 g/mol. The maximum Gasteiger partial charge on any atom is 0.353 e. The Hall–Kier alpha value is -2.38. The average molecular weight is 282 g/mol. The van der Waals surface area contributed by atoms with Crippen LogP contribution < -0.4 is 10.6 Å². The number of amides is 2. The molecule has 8 heteroatoms. The number of carboxylic acid groups (broad SMARTS) is 1. The smallest absolute Gasteiger partial charge is 0.353 e. The number of carbonyl (C=O) groups excluding carboxylic acids is 2. The van der Waals surface area contributed by atoms with Crippen LogP contribution in [0.3, 0.4) is 0 Å². The normalized spacial score (nSPS) is 12.6. The Labute approximate surface area is 115 Å². The third-order valence-corrected chi connectivity index (χ3v) is 2.48. The molecule has 2 amide bonds. The average Bonchev–Trinajstić information content (AvgIpc) is 2.76. The van der Waals surface area contributed by atoms with Crippen LogP contribution in [0.25, 0.3) is 0 Å². The molecule has 0 radical (unpaired) electrons. The van der Waals surface area contributed by atoms with Gasteiger partial charge in [-0.1, -0.05) is 20.8 Å². The summed E-state index contributed by atoms with van der Waals surface area (Å²) in [6.07, 6.45) is 0. The number of nitrogens with one attached hydrogen (secondary N) is 3. The number of aromatic amines is 1. The molecule has 0 aliphatic rings. The first-order valence-corrected chi connectivity index (χ1v) is 6.02. The van der Waals surface area contributed by atoms with E-state index in [4.69, 9.17) is 5.11 Å². The van der Waals surface area contributed by atoms with Crippen molar-refractivity contribution in [1.29, 1.82) is 0 Å². The molecule has 4 N–H and O–H groups in total. The lowest BCUT2D eigenvalue weighted by Crippen LogP contribution is -2.46. The first-order valence-electron chi connectivity index (χ1n) is 6.02. The predicted octanol–water partition coefficient (Wildman–Crippen LogP) is 0.597. The molecule has 20 heavy (non-hydrogen) atoms. The molecule has 1 heterocycles. The minimum atomic E-state index is -1.17. The van der Waals surface area contributed by atoms with Gasteiger partial charge in [0, 0.05) is 11.5 Å². The number of aromatic nitrogens is 2. The number of H-pyrrole nitrogens is 1. The predicted molar refractivity (Wildman–Crippen MR) is 71.2 cm³/mol. The van der Waals surface area contributed by atoms with Crippen LogP contribution in [0.4, 0.5) is 5.82 Å². The maximum atomic E-state index is 11.8. The lowest BCUT2D eigenvalue weighted by Gasteiger charge is -2.21. The minimum absolute atomic E-state index is 0.0873. The highest BCUT2D eigenvalue weighted by Gasteiger charge is 2.25. The highest BCUT2D eigenvalue weighted by atomic mass is 16.4. The first kappa shape index (κ1) is 15.7. The molecule has 0 saturated carbocycles. The van der Waals surface area contributed by atoms with Crippen molar-refractivity contribution >= 4 is 23.6 Å². The molecule has 1 aromatic rings. The van der Waals surface area contributed by atoms with E-state index in [9.17, 15) is 14.4 Å². The first-order chi connectivity index (χ1) is 9.11. The van der Waals surface area contributed by atoms with Gasteiger partial charge in [-0.2, -0.15) is 5.10 Å². The number of hydrogen-bond acceptors (Lipinski definition) is 4. The fourth-order valence-corrected chi connectivity index (χ4v) is 1.21. The summed E-state index contributed by atoms with van der Waals surface area (Å²) in [5.41, 5.74) is -0.733. The maximum absolute atomic E-state index is 11.8. The number of nitrogens with zero attached hydrogens (tertiary/aromatic N) is 1. The lowest BCUT2D eigenvalue weighted by molar-refractivity contribution is -0.131. The van der Waals surface area contributed by atoms with Crippen LogP contribution in [-0.2, 0) is 9.59 Å². The third kappa shape index (κ3) is 4.08. The molecule has 0 aromatic carbocycles. The van der Waals surface area contributed by atoms with Crippen LogP contribution in [0.5, 0.6) is 0 Å².